The average molecular weight is 447 g/mol. The third-order valence-electron chi connectivity index (χ3n) is 8.49. The van der Waals surface area contributed by atoms with Gasteiger partial charge in [0.25, 0.3) is 5.91 Å². The number of hydrogen-bond donors (Lipinski definition) is 1. The number of hydrogen-bond acceptors (Lipinski definition) is 5. The average Bonchev–Trinajstić information content (AvgIpc) is 3.15. The van der Waals surface area contributed by atoms with Crippen LogP contribution in [0.2, 0.25) is 0 Å². The lowest BCUT2D eigenvalue weighted by Crippen LogP contribution is -2.68. The molecule has 1 spiro atoms. The fourth-order valence-corrected chi connectivity index (χ4v) is 6.49. The third kappa shape index (κ3) is 3.69. The minimum Gasteiger partial charge on any atom is -0.383 e. The van der Waals surface area contributed by atoms with Gasteiger partial charge in [0.05, 0.1) is 12.3 Å². The van der Waals surface area contributed by atoms with Crippen LogP contribution in [0.15, 0.2) is 36.5 Å². The number of rotatable bonds is 6. The number of piperidine rings is 1. The molecule has 1 amide bonds. The van der Waals surface area contributed by atoms with E-state index in [1.54, 1.807) is 0 Å². The second-order valence-corrected chi connectivity index (χ2v) is 10.4. The number of nitrogens with one attached hydrogen (secondary N) is 1. The standard InChI is InChI=1S/C27H34N4O2/c1-33-17-25-27(8-3-9-27)18-30(25)15-19-7-11-29-24(12-19)20-5-6-23-21(13-20)16-31(26(23)32)22-4-2-10-28-14-22/h5-7,11-13,22,25,28H,2-4,8-10,14-18H2,1H3. The lowest BCUT2D eigenvalue weighted by molar-refractivity contribution is -0.151. The quantitative estimate of drug-likeness (QED) is 0.737. The summed E-state index contributed by atoms with van der Waals surface area (Å²) in [7, 11) is 1.82. The van der Waals surface area contributed by atoms with E-state index in [4.69, 9.17) is 4.74 Å². The van der Waals surface area contributed by atoms with Gasteiger partial charge < -0.3 is 15.0 Å². The van der Waals surface area contributed by atoms with Crippen molar-refractivity contribution in [2.24, 2.45) is 5.41 Å². The summed E-state index contributed by atoms with van der Waals surface area (Å²) in [5.74, 6) is 0.179. The summed E-state index contributed by atoms with van der Waals surface area (Å²) >= 11 is 0. The van der Waals surface area contributed by atoms with E-state index in [-0.39, 0.29) is 5.91 Å². The first-order valence-corrected chi connectivity index (χ1v) is 12.5. The molecule has 1 aromatic carbocycles. The molecule has 1 aliphatic carbocycles. The summed E-state index contributed by atoms with van der Waals surface area (Å²) in [6, 6.07) is 11.4. The van der Waals surface area contributed by atoms with Crippen molar-refractivity contribution in [1.82, 2.24) is 20.1 Å². The first kappa shape index (κ1) is 21.3. The van der Waals surface area contributed by atoms with Crippen molar-refractivity contribution >= 4 is 5.91 Å². The SMILES string of the molecule is COCC1N(Cc2ccnc(-c3ccc4c(c3)CN(C3CCCNC3)C4=O)c2)CC12CCC2. The highest BCUT2D eigenvalue weighted by atomic mass is 16.5. The molecule has 4 heterocycles. The van der Waals surface area contributed by atoms with E-state index in [0.29, 0.717) is 24.0 Å². The normalized spacial score (nSPS) is 26.2. The number of carbonyl (C=O) groups is 1. The monoisotopic (exact) mass is 446 g/mol. The van der Waals surface area contributed by atoms with Crippen LogP contribution in [-0.2, 0) is 17.8 Å². The summed E-state index contributed by atoms with van der Waals surface area (Å²) in [4.78, 5) is 22.3. The molecule has 1 N–H and O–H groups in total. The van der Waals surface area contributed by atoms with Gasteiger partial charge in [-0.05, 0) is 67.6 Å². The van der Waals surface area contributed by atoms with Gasteiger partial charge >= 0.3 is 0 Å². The first-order valence-electron chi connectivity index (χ1n) is 12.5. The predicted octanol–water partition coefficient (Wildman–Crippen LogP) is 3.46. The fourth-order valence-electron chi connectivity index (χ4n) is 6.49. The molecule has 3 aliphatic heterocycles. The Kier molecular flexibility index (Phi) is 5.47. The molecule has 0 radical (unpaired) electrons. The van der Waals surface area contributed by atoms with E-state index < -0.39 is 0 Å². The van der Waals surface area contributed by atoms with Gasteiger partial charge in [0.1, 0.15) is 0 Å². The van der Waals surface area contributed by atoms with E-state index in [2.05, 4.69) is 44.4 Å². The van der Waals surface area contributed by atoms with Gasteiger partial charge in [-0.2, -0.15) is 0 Å². The highest BCUT2D eigenvalue weighted by molar-refractivity contribution is 5.99. The van der Waals surface area contributed by atoms with E-state index >= 15 is 0 Å². The van der Waals surface area contributed by atoms with Gasteiger partial charge in [-0.15, -0.1) is 0 Å². The van der Waals surface area contributed by atoms with Crippen LogP contribution in [0.3, 0.4) is 0 Å². The lowest BCUT2D eigenvalue weighted by Gasteiger charge is -2.62. The molecular weight excluding hydrogens is 412 g/mol. The van der Waals surface area contributed by atoms with E-state index in [1.165, 1.54) is 31.4 Å². The molecule has 33 heavy (non-hydrogen) atoms. The van der Waals surface area contributed by atoms with Crippen LogP contribution in [-0.4, -0.2) is 66.1 Å². The summed E-state index contributed by atoms with van der Waals surface area (Å²) in [6.07, 6.45) is 8.21. The van der Waals surface area contributed by atoms with Crippen LogP contribution in [0.5, 0.6) is 0 Å². The summed E-state index contributed by atoms with van der Waals surface area (Å²) in [6.45, 7) is 5.62. The minimum absolute atomic E-state index is 0.179. The predicted molar refractivity (Wildman–Crippen MR) is 128 cm³/mol. The molecule has 6 nitrogen and oxygen atoms in total. The zero-order chi connectivity index (χ0) is 22.4. The van der Waals surface area contributed by atoms with Crippen molar-refractivity contribution in [3.05, 3.63) is 53.2 Å². The second kappa shape index (κ2) is 8.49. The number of aromatic nitrogens is 1. The molecule has 6 heteroatoms. The van der Waals surface area contributed by atoms with Crippen molar-refractivity contribution in [2.75, 3.05) is 33.4 Å². The molecule has 6 rings (SSSR count). The smallest absolute Gasteiger partial charge is 0.254 e. The van der Waals surface area contributed by atoms with E-state index in [9.17, 15) is 4.79 Å². The zero-order valence-corrected chi connectivity index (χ0v) is 19.6. The summed E-state index contributed by atoms with van der Waals surface area (Å²) in [5, 5.41) is 3.44. The molecule has 2 atom stereocenters. The van der Waals surface area contributed by atoms with Gasteiger partial charge in [-0.25, -0.2) is 0 Å². The second-order valence-electron chi connectivity index (χ2n) is 10.4. The van der Waals surface area contributed by atoms with Gasteiger partial charge in [0.2, 0.25) is 0 Å². The number of nitrogens with zero attached hydrogens (tertiary/aromatic N) is 3. The van der Waals surface area contributed by atoms with Crippen molar-refractivity contribution < 1.29 is 9.53 Å². The number of methoxy groups -OCH3 is 1. The van der Waals surface area contributed by atoms with Crippen molar-refractivity contribution in [2.45, 2.75) is 57.3 Å². The Labute approximate surface area is 196 Å². The minimum atomic E-state index is 0.179. The largest absolute Gasteiger partial charge is 0.383 e. The Balaban J connectivity index is 1.18. The number of likely N-dealkylation sites (tertiary alicyclic amines) is 1. The Morgan fingerprint density at radius 2 is 2.12 bits per heavy atom. The molecule has 1 saturated carbocycles. The van der Waals surface area contributed by atoms with E-state index in [0.717, 1.165) is 61.5 Å². The molecule has 2 aromatic rings. The van der Waals surface area contributed by atoms with Gasteiger partial charge in [0, 0.05) is 68.1 Å². The number of ether oxygens (including phenoxy) is 1. The maximum Gasteiger partial charge on any atom is 0.254 e. The van der Waals surface area contributed by atoms with Gasteiger partial charge in [-0.1, -0.05) is 12.5 Å². The molecule has 4 aliphatic rings. The highest BCUT2D eigenvalue weighted by Gasteiger charge is 2.55. The topological polar surface area (TPSA) is 57.7 Å². The molecule has 1 aromatic heterocycles. The maximum absolute atomic E-state index is 13.0. The van der Waals surface area contributed by atoms with Crippen molar-refractivity contribution in [1.29, 1.82) is 0 Å². The molecule has 3 fully saturated rings. The number of pyridine rings is 1. The molecule has 2 saturated heterocycles. The number of benzene rings is 1. The van der Waals surface area contributed by atoms with Crippen molar-refractivity contribution in [3.63, 3.8) is 0 Å². The Bertz CT molecular complexity index is 1040. The molecule has 0 bridgehead atoms. The Hall–Kier alpha value is -2.28. The lowest BCUT2D eigenvalue weighted by atomic mass is 9.58. The summed E-state index contributed by atoms with van der Waals surface area (Å²) < 4.78 is 5.55. The fraction of sp³-hybridized carbons (Fsp3) is 0.556. The maximum atomic E-state index is 13.0. The zero-order valence-electron chi connectivity index (χ0n) is 19.6. The van der Waals surface area contributed by atoms with Crippen LogP contribution in [0, 0.1) is 5.41 Å². The highest BCUT2D eigenvalue weighted by Crippen LogP contribution is 2.53. The number of fused-ring (bicyclic) bond motifs is 1. The van der Waals surface area contributed by atoms with Crippen LogP contribution < -0.4 is 5.32 Å². The summed E-state index contributed by atoms with van der Waals surface area (Å²) in [5.41, 5.74) is 5.88. The first-order chi connectivity index (χ1) is 16.2. The van der Waals surface area contributed by atoms with Crippen molar-refractivity contribution in [3.8, 4) is 11.3 Å². The number of carbonyl (C=O) groups excluding carboxylic acids is 1. The van der Waals surface area contributed by atoms with Crippen LogP contribution >= 0.6 is 0 Å². The van der Waals surface area contributed by atoms with Gasteiger partial charge in [-0.3, -0.25) is 14.7 Å². The van der Waals surface area contributed by atoms with Gasteiger partial charge in [0.15, 0.2) is 0 Å². The Morgan fingerprint density at radius 1 is 1.21 bits per heavy atom. The Morgan fingerprint density at radius 3 is 2.88 bits per heavy atom. The van der Waals surface area contributed by atoms with Crippen LogP contribution in [0.25, 0.3) is 11.3 Å². The molecule has 174 valence electrons. The molecular formula is C27H34N4O2. The van der Waals surface area contributed by atoms with E-state index in [1.807, 2.05) is 19.4 Å². The third-order valence-corrected chi connectivity index (χ3v) is 8.49. The van der Waals surface area contributed by atoms with Crippen LogP contribution in [0.1, 0.15) is 53.6 Å². The number of amides is 1. The van der Waals surface area contributed by atoms with Crippen LogP contribution in [0.4, 0.5) is 0 Å². The molecule has 2 unspecified atom stereocenters.